The van der Waals surface area contributed by atoms with Crippen LogP contribution in [-0.2, 0) is 4.79 Å². The minimum atomic E-state index is -0.498. The average Bonchev–Trinajstić information content (AvgIpc) is 3.01. The molecule has 3 aromatic rings. The lowest BCUT2D eigenvalue weighted by molar-refractivity contribution is -0.385. The highest BCUT2D eigenvalue weighted by atomic mass is 16.6. The first-order valence-corrected chi connectivity index (χ1v) is 9.65. The first-order chi connectivity index (χ1) is 14.7. The number of nitriles is 1. The van der Waals surface area contributed by atoms with E-state index in [-0.39, 0.29) is 11.3 Å². The number of rotatable bonds is 5. The fourth-order valence-electron chi connectivity index (χ4n) is 3.40. The Bertz CT molecular complexity index is 1250. The van der Waals surface area contributed by atoms with E-state index in [1.807, 2.05) is 55.7 Å². The van der Waals surface area contributed by atoms with Crippen LogP contribution in [0.2, 0.25) is 0 Å². The maximum Gasteiger partial charge on any atom is 0.274 e. The molecule has 0 saturated heterocycles. The molecular formula is C24H22N4O3. The summed E-state index contributed by atoms with van der Waals surface area (Å²) < 4.78 is 1.87. The van der Waals surface area contributed by atoms with Crippen LogP contribution in [0, 0.1) is 49.1 Å². The van der Waals surface area contributed by atoms with Gasteiger partial charge in [-0.1, -0.05) is 23.8 Å². The standard InChI is InChI=1S/C24H22N4O3/c1-15-5-8-21(9-6-15)26-24(29)20(14-25)12-19-11-17(3)27(18(19)4)22-10-7-16(2)23(13-22)28(30)31/h5-13H,1-4H3,(H,26,29)/b20-12-. The largest absolute Gasteiger partial charge is 0.321 e. The molecule has 7 nitrogen and oxygen atoms in total. The van der Waals surface area contributed by atoms with Crippen molar-refractivity contribution in [2.75, 3.05) is 5.32 Å². The van der Waals surface area contributed by atoms with Crippen LogP contribution in [0.1, 0.15) is 28.1 Å². The Morgan fingerprint density at radius 3 is 2.39 bits per heavy atom. The van der Waals surface area contributed by atoms with Crippen LogP contribution < -0.4 is 5.32 Å². The molecule has 1 amide bonds. The van der Waals surface area contributed by atoms with Crippen molar-refractivity contribution < 1.29 is 9.72 Å². The third kappa shape index (κ3) is 4.54. The van der Waals surface area contributed by atoms with E-state index in [9.17, 15) is 20.2 Å². The zero-order valence-corrected chi connectivity index (χ0v) is 17.8. The zero-order valence-electron chi connectivity index (χ0n) is 17.8. The number of hydrogen-bond donors (Lipinski definition) is 1. The number of nitrogens with one attached hydrogen (secondary N) is 1. The lowest BCUT2D eigenvalue weighted by Crippen LogP contribution is -2.13. The lowest BCUT2D eigenvalue weighted by Gasteiger charge is -2.10. The van der Waals surface area contributed by atoms with Gasteiger partial charge >= 0.3 is 0 Å². The molecule has 0 unspecified atom stereocenters. The molecule has 3 rings (SSSR count). The Morgan fingerprint density at radius 1 is 1.10 bits per heavy atom. The summed E-state index contributed by atoms with van der Waals surface area (Å²) in [4.78, 5) is 23.5. The van der Waals surface area contributed by atoms with E-state index in [0.717, 1.165) is 17.0 Å². The average molecular weight is 414 g/mol. The number of carbonyl (C=O) groups is 1. The van der Waals surface area contributed by atoms with Gasteiger partial charge in [-0.15, -0.1) is 0 Å². The van der Waals surface area contributed by atoms with Gasteiger partial charge in [0.2, 0.25) is 0 Å². The summed E-state index contributed by atoms with van der Waals surface area (Å²) in [5.74, 6) is -0.498. The van der Waals surface area contributed by atoms with E-state index in [4.69, 9.17) is 0 Å². The first kappa shape index (κ1) is 21.5. The highest BCUT2D eigenvalue weighted by molar-refractivity contribution is 6.09. The number of nitro groups is 1. The number of amides is 1. The second-order valence-corrected chi connectivity index (χ2v) is 7.38. The summed E-state index contributed by atoms with van der Waals surface area (Å²) in [7, 11) is 0. The van der Waals surface area contributed by atoms with E-state index in [1.54, 1.807) is 25.1 Å². The monoisotopic (exact) mass is 414 g/mol. The summed E-state index contributed by atoms with van der Waals surface area (Å²) in [5.41, 5.74) is 5.20. The number of aryl methyl sites for hydroxylation is 3. The molecule has 0 fully saturated rings. The van der Waals surface area contributed by atoms with Crippen LogP contribution in [0.3, 0.4) is 0 Å². The Labute approximate surface area is 180 Å². The van der Waals surface area contributed by atoms with Crippen molar-refractivity contribution in [3.8, 4) is 11.8 Å². The molecular weight excluding hydrogens is 392 g/mol. The molecule has 7 heteroatoms. The highest BCUT2D eigenvalue weighted by Crippen LogP contribution is 2.27. The minimum Gasteiger partial charge on any atom is -0.321 e. The molecule has 0 atom stereocenters. The van der Waals surface area contributed by atoms with E-state index in [1.165, 1.54) is 12.1 Å². The molecule has 0 aliphatic rings. The van der Waals surface area contributed by atoms with Gasteiger partial charge in [0, 0.05) is 28.7 Å². The van der Waals surface area contributed by atoms with Gasteiger partial charge in [-0.25, -0.2) is 0 Å². The van der Waals surface area contributed by atoms with Crippen molar-refractivity contribution in [2.24, 2.45) is 0 Å². The van der Waals surface area contributed by atoms with E-state index < -0.39 is 10.8 Å². The molecule has 0 aliphatic heterocycles. The molecule has 0 bridgehead atoms. The molecule has 0 saturated carbocycles. The Hall–Kier alpha value is -4.18. The number of nitro benzene ring substituents is 1. The molecule has 0 radical (unpaired) electrons. The predicted octanol–water partition coefficient (Wildman–Crippen LogP) is 5.16. The molecule has 1 N–H and O–H groups in total. The van der Waals surface area contributed by atoms with Gasteiger partial charge < -0.3 is 9.88 Å². The molecule has 0 spiro atoms. The summed E-state index contributed by atoms with van der Waals surface area (Å²) >= 11 is 0. The van der Waals surface area contributed by atoms with Crippen LogP contribution in [0.5, 0.6) is 0 Å². The molecule has 31 heavy (non-hydrogen) atoms. The van der Waals surface area contributed by atoms with Crippen LogP contribution >= 0.6 is 0 Å². The van der Waals surface area contributed by atoms with E-state index in [2.05, 4.69) is 5.32 Å². The van der Waals surface area contributed by atoms with Gasteiger partial charge in [-0.05, 0) is 63.6 Å². The van der Waals surface area contributed by atoms with Gasteiger partial charge in [0.1, 0.15) is 11.6 Å². The Balaban J connectivity index is 1.97. The van der Waals surface area contributed by atoms with Crippen LogP contribution in [0.15, 0.2) is 54.1 Å². The van der Waals surface area contributed by atoms with Crippen molar-refractivity contribution >= 4 is 23.4 Å². The Kier molecular flexibility index (Phi) is 6.02. The van der Waals surface area contributed by atoms with Gasteiger partial charge in [0.15, 0.2) is 0 Å². The number of hydrogen-bond acceptors (Lipinski definition) is 4. The topological polar surface area (TPSA) is 101 Å². The molecule has 156 valence electrons. The van der Waals surface area contributed by atoms with Gasteiger partial charge in [-0.2, -0.15) is 5.26 Å². The maximum atomic E-state index is 12.6. The van der Waals surface area contributed by atoms with Crippen molar-refractivity contribution in [1.82, 2.24) is 4.57 Å². The molecule has 1 aromatic heterocycles. The van der Waals surface area contributed by atoms with Crippen molar-refractivity contribution in [3.63, 3.8) is 0 Å². The van der Waals surface area contributed by atoms with Gasteiger partial charge in [0.25, 0.3) is 11.6 Å². The summed E-state index contributed by atoms with van der Waals surface area (Å²) in [5, 5.41) is 23.6. The minimum absolute atomic E-state index is 0.0317. The SMILES string of the molecule is Cc1ccc(NC(=O)/C(C#N)=C\c2cc(C)n(-c3ccc(C)c([N+](=O)[O-])c3)c2C)cc1. The number of anilines is 1. The highest BCUT2D eigenvalue weighted by Gasteiger charge is 2.17. The quantitative estimate of drug-likeness (QED) is 0.269. The summed E-state index contributed by atoms with van der Waals surface area (Å²) in [6.07, 6.45) is 1.53. The smallest absolute Gasteiger partial charge is 0.274 e. The fraction of sp³-hybridized carbons (Fsp3) is 0.167. The maximum absolute atomic E-state index is 12.6. The first-order valence-electron chi connectivity index (χ1n) is 9.65. The Morgan fingerprint density at radius 2 is 1.77 bits per heavy atom. The van der Waals surface area contributed by atoms with Crippen molar-refractivity contribution in [1.29, 1.82) is 5.26 Å². The lowest BCUT2D eigenvalue weighted by atomic mass is 10.1. The summed E-state index contributed by atoms with van der Waals surface area (Å²) in [6.45, 7) is 7.35. The van der Waals surface area contributed by atoms with Crippen LogP contribution in [-0.4, -0.2) is 15.4 Å². The molecule has 0 aliphatic carbocycles. The third-order valence-corrected chi connectivity index (χ3v) is 5.09. The zero-order chi connectivity index (χ0) is 22.7. The van der Waals surface area contributed by atoms with E-state index in [0.29, 0.717) is 22.5 Å². The fourth-order valence-corrected chi connectivity index (χ4v) is 3.40. The normalized spacial score (nSPS) is 11.1. The van der Waals surface area contributed by atoms with Crippen molar-refractivity contribution in [2.45, 2.75) is 27.7 Å². The van der Waals surface area contributed by atoms with Gasteiger partial charge in [-0.3, -0.25) is 14.9 Å². The van der Waals surface area contributed by atoms with Gasteiger partial charge in [0.05, 0.1) is 10.6 Å². The van der Waals surface area contributed by atoms with Crippen LogP contribution in [0.4, 0.5) is 11.4 Å². The summed E-state index contributed by atoms with van der Waals surface area (Å²) in [6, 6.07) is 16.1. The number of aromatic nitrogens is 1. The predicted molar refractivity (Wildman–Crippen MR) is 120 cm³/mol. The van der Waals surface area contributed by atoms with Crippen molar-refractivity contribution in [3.05, 3.63) is 92.3 Å². The number of carbonyl (C=O) groups excluding carboxylic acids is 1. The molecule has 2 aromatic carbocycles. The second kappa shape index (κ2) is 8.67. The number of nitrogens with zero attached hydrogens (tertiary/aromatic N) is 3. The molecule has 1 heterocycles. The second-order valence-electron chi connectivity index (χ2n) is 7.38. The number of benzene rings is 2. The van der Waals surface area contributed by atoms with Crippen LogP contribution in [0.25, 0.3) is 11.8 Å². The van der Waals surface area contributed by atoms with E-state index >= 15 is 0 Å². The third-order valence-electron chi connectivity index (χ3n) is 5.09.